The molecule has 0 saturated carbocycles. The van der Waals surface area contributed by atoms with Crippen molar-refractivity contribution in [2.75, 3.05) is 6.54 Å². The van der Waals surface area contributed by atoms with Gasteiger partial charge in [0.2, 0.25) is 0 Å². The van der Waals surface area contributed by atoms with Gasteiger partial charge >= 0.3 is 6.09 Å². The summed E-state index contributed by atoms with van der Waals surface area (Å²) in [5.41, 5.74) is 5.97. The molecule has 0 aliphatic heterocycles. The van der Waals surface area contributed by atoms with Crippen LogP contribution in [-0.4, -0.2) is 40.2 Å². The number of aromatic amines is 1. The van der Waals surface area contributed by atoms with Crippen LogP contribution in [0.3, 0.4) is 0 Å². The van der Waals surface area contributed by atoms with E-state index in [1.165, 1.54) is 6.08 Å². The highest BCUT2D eigenvalue weighted by atomic mass is 16.6. The highest BCUT2D eigenvalue weighted by Crippen LogP contribution is 2.20. The van der Waals surface area contributed by atoms with Gasteiger partial charge in [0, 0.05) is 42.5 Å². The van der Waals surface area contributed by atoms with E-state index in [1.807, 2.05) is 76.4 Å². The van der Waals surface area contributed by atoms with Crippen LogP contribution in [0.15, 0.2) is 65.9 Å². The first-order valence-corrected chi connectivity index (χ1v) is 11.9. The fourth-order valence-electron chi connectivity index (χ4n) is 3.52. The second-order valence-corrected chi connectivity index (χ2v) is 9.28. The number of hydrazone groups is 1. The maximum Gasteiger partial charge on any atom is 0.410 e. The van der Waals surface area contributed by atoms with Crippen LogP contribution in [0.5, 0.6) is 0 Å². The van der Waals surface area contributed by atoms with Crippen molar-refractivity contribution in [1.29, 1.82) is 0 Å². The quantitative estimate of drug-likeness (QED) is 0.238. The summed E-state index contributed by atoms with van der Waals surface area (Å²) in [6.45, 7) is 8.50. The number of aromatic nitrogens is 1. The maximum absolute atomic E-state index is 13.0. The van der Waals surface area contributed by atoms with Gasteiger partial charge < -0.3 is 14.6 Å². The van der Waals surface area contributed by atoms with Gasteiger partial charge in [0.05, 0.1) is 0 Å². The molecular formula is C28H34N4O3. The lowest BCUT2D eigenvalue weighted by Gasteiger charge is -2.27. The summed E-state index contributed by atoms with van der Waals surface area (Å²) >= 11 is 0. The fourth-order valence-corrected chi connectivity index (χ4v) is 3.52. The molecule has 0 aliphatic carbocycles. The maximum atomic E-state index is 13.0. The summed E-state index contributed by atoms with van der Waals surface area (Å²) in [6.07, 6.45) is 7.93. The van der Waals surface area contributed by atoms with E-state index < -0.39 is 5.60 Å². The first kappa shape index (κ1) is 25.7. The van der Waals surface area contributed by atoms with Crippen LogP contribution in [0, 0.1) is 0 Å². The molecule has 2 aromatic carbocycles. The Kier molecular flexibility index (Phi) is 8.84. The summed E-state index contributed by atoms with van der Waals surface area (Å²) in [6, 6.07) is 15.9. The van der Waals surface area contributed by atoms with E-state index in [1.54, 1.807) is 17.2 Å². The van der Waals surface area contributed by atoms with Gasteiger partial charge in [-0.25, -0.2) is 10.2 Å². The summed E-state index contributed by atoms with van der Waals surface area (Å²) in [5.74, 6) is -0.285. The van der Waals surface area contributed by atoms with Crippen molar-refractivity contribution in [2.45, 2.75) is 52.7 Å². The first-order valence-electron chi connectivity index (χ1n) is 11.9. The van der Waals surface area contributed by atoms with Gasteiger partial charge in [0.25, 0.3) is 5.91 Å². The molecule has 7 heteroatoms. The average molecular weight is 475 g/mol. The number of nitrogens with zero attached hydrogens (tertiary/aromatic N) is 2. The Morgan fingerprint density at radius 3 is 2.57 bits per heavy atom. The average Bonchev–Trinajstić information content (AvgIpc) is 3.23. The zero-order chi connectivity index (χ0) is 25.3. The molecule has 1 heterocycles. The van der Waals surface area contributed by atoms with E-state index in [2.05, 4.69) is 21.6 Å². The number of ether oxygens (including phenoxy) is 1. The first-order chi connectivity index (χ1) is 16.7. The molecule has 0 spiro atoms. The van der Waals surface area contributed by atoms with E-state index >= 15 is 0 Å². The number of carbonyl (C=O) groups excluding carboxylic acids is 2. The second kappa shape index (κ2) is 12.0. The van der Waals surface area contributed by atoms with Gasteiger partial charge in [0.1, 0.15) is 5.60 Å². The lowest BCUT2D eigenvalue weighted by atomic mass is 10.1. The predicted octanol–water partition coefficient (Wildman–Crippen LogP) is 5.67. The standard InChI is InChI=1S/C28H34N4O3/c1-5-17-30-31-26(33)15-14-21-10-12-22(13-11-21)20-32(27(34)35-28(2,3)4)18-16-23-19-29-25-9-7-6-8-24(23)25/h6-15,17,19,29H,5,16,18,20H2,1-4H3,(H,31,33)/b15-14+,30-17+. The molecule has 0 radical (unpaired) electrons. The molecular weight excluding hydrogens is 440 g/mol. The SMILES string of the molecule is CC/C=N/NC(=O)/C=C/c1ccc(CN(CCc2c[nH]c3ccccc23)C(=O)OC(C)(C)C)cc1. The Balaban J connectivity index is 1.68. The zero-order valence-electron chi connectivity index (χ0n) is 20.9. The van der Waals surface area contributed by atoms with E-state index in [9.17, 15) is 9.59 Å². The molecule has 0 atom stereocenters. The number of benzene rings is 2. The van der Waals surface area contributed by atoms with Crippen LogP contribution in [0.25, 0.3) is 17.0 Å². The molecule has 0 unspecified atom stereocenters. The fraction of sp³-hybridized carbons (Fsp3) is 0.321. The normalized spacial score (nSPS) is 11.9. The van der Waals surface area contributed by atoms with Crippen molar-refractivity contribution < 1.29 is 14.3 Å². The largest absolute Gasteiger partial charge is 0.444 e. The van der Waals surface area contributed by atoms with Gasteiger partial charge in [0.15, 0.2) is 0 Å². The van der Waals surface area contributed by atoms with Crippen LogP contribution in [0.2, 0.25) is 0 Å². The highest BCUT2D eigenvalue weighted by Gasteiger charge is 2.22. The Labute approximate surface area is 206 Å². The minimum atomic E-state index is -0.577. The smallest absolute Gasteiger partial charge is 0.410 e. The van der Waals surface area contributed by atoms with Crippen molar-refractivity contribution in [2.24, 2.45) is 5.10 Å². The Morgan fingerprint density at radius 1 is 1.11 bits per heavy atom. The molecule has 7 nitrogen and oxygen atoms in total. The van der Waals surface area contributed by atoms with E-state index in [-0.39, 0.29) is 12.0 Å². The Bertz CT molecular complexity index is 1190. The van der Waals surface area contributed by atoms with Gasteiger partial charge in [-0.2, -0.15) is 5.10 Å². The number of nitrogens with one attached hydrogen (secondary N) is 2. The van der Waals surface area contributed by atoms with E-state index in [0.29, 0.717) is 19.5 Å². The van der Waals surface area contributed by atoms with Crippen molar-refractivity contribution in [3.05, 3.63) is 77.5 Å². The number of para-hydroxylation sites is 1. The van der Waals surface area contributed by atoms with Gasteiger partial charge in [-0.1, -0.05) is 49.4 Å². The number of hydrogen-bond donors (Lipinski definition) is 2. The van der Waals surface area contributed by atoms with Crippen molar-refractivity contribution in [3.8, 4) is 0 Å². The molecule has 35 heavy (non-hydrogen) atoms. The Hall–Kier alpha value is -3.87. The van der Waals surface area contributed by atoms with Crippen molar-refractivity contribution in [1.82, 2.24) is 15.3 Å². The number of rotatable bonds is 9. The number of carbonyl (C=O) groups is 2. The molecule has 2 N–H and O–H groups in total. The van der Waals surface area contributed by atoms with Gasteiger partial charge in [-0.3, -0.25) is 4.79 Å². The molecule has 0 fully saturated rings. The van der Waals surface area contributed by atoms with Gasteiger partial charge in [-0.15, -0.1) is 0 Å². The third kappa shape index (κ3) is 8.14. The zero-order valence-corrected chi connectivity index (χ0v) is 20.9. The molecule has 3 rings (SSSR count). The van der Waals surface area contributed by atoms with Crippen LogP contribution >= 0.6 is 0 Å². The van der Waals surface area contributed by atoms with Crippen LogP contribution < -0.4 is 5.43 Å². The third-order valence-corrected chi connectivity index (χ3v) is 5.21. The van der Waals surface area contributed by atoms with E-state index in [4.69, 9.17) is 4.74 Å². The minimum absolute atomic E-state index is 0.285. The summed E-state index contributed by atoms with van der Waals surface area (Å²) in [7, 11) is 0. The van der Waals surface area contributed by atoms with Gasteiger partial charge in [-0.05, 0) is 62.4 Å². The van der Waals surface area contributed by atoms with Crippen molar-refractivity contribution in [3.63, 3.8) is 0 Å². The lowest BCUT2D eigenvalue weighted by molar-refractivity contribution is -0.116. The molecule has 0 bridgehead atoms. The minimum Gasteiger partial charge on any atom is -0.444 e. The molecule has 2 amide bonds. The second-order valence-electron chi connectivity index (χ2n) is 9.28. The Morgan fingerprint density at radius 2 is 1.86 bits per heavy atom. The lowest BCUT2D eigenvalue weighted by Crippen LogP contribution is -2.37. The summed E-state index contributed by atoms with van der Waals surface area (Å²) in [5, 5.41) is 4.98. The number of hydrogen-bond acceptors (Lipinski definition) is 4. The highest BCUT2D eigenvalue weighted by molar-refractivity contribution is 5.91. The number of H-pyrrole nitrogens is 1. The number of fused-ring (bicyclic) bond motifs is 1. The van der Waals surface area contributed by atoms with Crippen LogP contribution in [0.1, 0.15) is 50.8 Å². The molecule has 3 aromatic rings. The molecule has 184 valence electrons. The number of amides is 2. The van der Waals surface area contributed by atoms with Crippen molar-refractivity contribution >= 4 is 35.2 Å². The molecule has 1 aromatic heterocycles. The molecule has 0 saturated heterocycles. The van der Waals surface area contributed by atoms with Crippen LogP contribution in [0.4, 0.5) is 4.79 Å². The monoisotopic (exact) mass is 474 g/mol. The summed E-state index contributed by atoms with van der Waals surface area (Å²) < 4.78 is 5.67. The summed E-state index contributed by atoms with van der Waals surface area (Å²) in [4.78, 5) is 29.8. The van der Waals surface area contributed by atoms with Crippen LogP contribution in [-0.2, 0) is 22.5 Å². The topological polar surface area (TPSA) is 86.8 Å². The molecule has 0 aliphatic rings. The van der Waals surface area contributed by atoms with E-state index in [0.717, 1.165) is 34.0 Å². The third-order valence-electron chi connectivity index (χ3n) is 5.21. The predicted molar refractivity (Wildman–Crippen MR) is 141 cm³/mol.